The number of aromatic hydroxyl groups is 4. The summed E-state index contributed by atoms with van der Waals surface area (Å²) in [5, 5.41) is 41.5. The first-order valence-electron chi connectivity index (χ1n) is 26.4. The molecule has 0 spiro atoms. The minimum Gasteiger partial charge on any atom is -0.508 e. The molecule has 4 aromatic rings. The Bertz CT molecular complexity index is 2160. The summed E-state index contributed by atoms with van der Waals surface area (Å²) in [4.78, 5) is 23.8. The van der Waals surface area contributed by atoms with Crippen molar-refractivity contribution in [3.05, 3.63) is 106 Å². The van der Waals surface area contributed by atoms with Gasteiger partial charge in [0, 0.05) is 22.6 Å². The van der Waals surface area contributed by atoms with E-state index >= 15 is 0 Å². The van der Waals surface area contributed by atoms with E-state index in [2.05, 4.69) is 24.3 Å². The number of ether oxygens (including phenoxy) is 4. The molecule has 0 aromatic heterocycles. The molecule has 11 heteroatoms. The number of carbonyl (C=O) groups excluding carboxylic acids is 2. The molecule has 10 nitrogen and oxygen atoms in total. The van der Waals surface area contributed by atoms with Crippen LogP contribution in [0.5, 0.6) is 34.5 Å². The molecule has 0 heterocycles. The van der Waals surface area contributed by atoms with Gasteiger partial charge in [-0.15, -0.1) is 0 Å². The number of phenols is 4. The van der Waals surface area contributed by atoms with Crippen LogP contribution in [0.3, 0.4) is 0 Å². The largest absolute Gasteiger partial charge is 0.508 e. The van der Waals surface area contributed by atoms with Gasteiger partial charge in [0.05, 0.1) is 0 Å². The van der Waals surface area contributed by atoms with Gasteiger partial charge in [-0.1, -0.05) is 130 Å². The summed E-state index contributed by atoms with van der Waals surface area (Å²) in [6.45, 7) is 11.8. The molecule has 0 saturated heterocycles. The highest BCUT2D eigenvalue weighted by Crippen LogP contribution is 2.47. The van der Waals surface area contributed by atoms with Crippen LogP contribution < -0.4 is 9.47 Å². The van der Waals surface area contributed by atoms with E-state index in [1.54, 1.807) is 36.4 Å². The van der Waals surface area contributed by atoms with Crippen molar-refractivity contribution < 1.29 is 49.0 Å². The van der Waals surface area contributed by atoms with E-state index in [0.717, 1.165) is 11.1 Å². The molecule has 71 heavy (non-hydrogen) atoms. The predicted molar refractivity (Wildman–Crippen MR) is 285 cm³/mol. The molecule has 0 bridgehead atoms. The highest BCUT2D eigenvalue weighted by Gasteiger charge is 2.30. The van der Waals surface area contributed by atoms with E-state index in [1.165, 1.54) is 137 Å². The Hall–Kier alpha value is -5.03. The van der Waals surface area contributed by atoms with Crippen LogP contribution in [0.15, 0.2) is 72.8 Å². The first-order chi connectivity index (χ1) is 34.0. The third kappa shape index (κ3) is 16.8. The zero-order chi connectivity index (χ0) is 51.0. The molecule has 0 amide bonds. The minimum absolute atomic E-state index is 0.185. The van der Waals surface area contributed by atoms with Gasteiger partial charge in [-0.2, -0.15) is 11.8 Å². The fourth-order valence-corrected chi connectivity index (χ4v) is 11.3. The number of thioether (sulfide) groups is 1. The first kappa shape index (κ1) is 55.3. The highest BCUT2D eigenvalue weighted by molar-refractivity contribution is 7.99. The maximum atomic E-state index is 11.9. The van der Waals surface area contributed by atoms with Gasteiger partial charge in [-0.25, -0.2) is 9.59 Å². The van der Waals surface area contributed by atoms with Crippen LogP contribution in [0.1, 0.15) is 201 Å². The third-order valence-electron chi connectivity index (χ3n) is 14.6. The number of hydrogen-bond acceptors (Lipinski definition) is 11. The summed E-state index contributed by atoms with van der Waals surface area (Å²) >= 11 is 1.49. The number of esters is 2. The van der Waals surface area contributed by atoms with Gasteiger partial charge in [0.2, 0.25) is 0 Å². The van der Waals surface area contributed by atoms with E-state index < -0.39 is 11.9 Å². The lowest BCUT2D eigenvalue weighted by atomic mass is 9.72. The van der Waals surface area contributed by atoms with Crippen LogP contribution in [0, 0.1) is 0 Å². The Balaban J connectivity index is 0.000000233. The number of benzene rings is 4. The molecule has 3 saturated carbocycles. The molecule has 3 aliphatic carbocycles. The lowest BCUT2D eigenvalue weighted by molar-refractivity contribution is -0.146. The average Bonchev–Trinajstić information content (AvgIpc) is 3.34. The second kappa shape index (κ2) is 26.6. The summed E-state index contributed by atoms with van der Waals surface area (Å²) in [7, 11) is 0. The maximum Gasteiger partial charge on any atom is 0.344 e. The Kier molecular flexibility index (Phi) is 20.7. The molecule has 7 rings (SSSR count). The second-order valence-electron chi connectivity index (χ2n) is 22.0. The summed E-state index contributed by atoms with van der Waals surface area (Å²) in [6.07, 6.45) is 20.4. The summed E-state index contributed by atoms with van der Waals surface area (Å²) in [5.41, 5.74) is 6.21. The standard InChI is InChI=1S/C32H44O2.C28H38O8S/c33-31-19-17-25(21-29(31)23-11-5-3-6-12-23)27-15-9-1-2-10-16-28(27)26-18-20-32(34)30(22-26)24-13-7-4-8-14-24;1-27(2,3)21-15-19(7-9-23(21)29)35-17-25(31)33-11-13-37-14-12-34-26(32)18-36-20-8-10-24(30)22(16-20)28(4,5)6/h17-24,27-28,33-34H,1-16H2;7-10,15-16,29-30H,11-14,17-18H2,1-6H3. The summed E-state index contributed by atoms with van der Waals surface area (Å²) < 4.78 is 21.3. The fourth-order valence-electron chi connectivity index (χ4n) is 10.7. The van der Waals surface area contributed by atoms with Gasteiger partial charge < -0.3 is 39.4 Å². The molecule has 2 unspecified atom stereocenters. The van der Waals surface area contributed by atoms with Crippen LogP contribution in [-0.2, 0) is 29.9 Å². The molecule has 2 atom stereocenters. The molecule has 0 aliphatic heterocycles. The Labute approximate surface area is 428 Å². The van der Waals surface area contributed by atoms with Crippen LogP contribution in [0.4, 0.5) is 0 Å². The summed E-state index contributed by atoms with van der Waals surface area (Å²) in [6, 6.07) is 22.9. The molecule has 388 valence electrons. The van der Waals surface area contributed by atoms with E-state index in [1.807, 2.05) is 53.7 Å². The van der Waals surface area contributed by atoms with Gasteiger partial charge >= 0.3 is 11.9 Å². The van der Waals surface area contributed by atoms with Crippen LogP contribution in [0.2, 0.25) is 0 Å². The van der Waals surface area contributed by atoms with E-state index in [4.69, 9.17) is 18.9 Å². The topological polar surface area (TPSA) is 152 Å². The van der Waals surface area contributed by atoms with Crippen molar-refractivity contribution in [2.75, 3.05) is 37.9 Å². The normalized spacial score (nSPS) is 18.3. The van der Waals surface area contributed by atoms with Crippen molar-refractivity contribution in [1.29, 1.82) is 0 Å². The molecular formula is C60H82O10S. The Morgan fingerprint density at radius 2 is 0.831 bits per heavy atom. The minimum atomic E-state index is -0.488. The van der Waals surface area contributed by atoms with Crippen molar-refractivity contribution in [2.24, 2.45) is 0 Å². The van der Waals surface area contributed by atoms with Gasteiger partial charge in [0.1, 0.15) is 47.7 Å². The quantitative estimate of drug-likeness (QED) is 0.0627. The molecule has 0 radical (unpaired) electrons. The van der Waals surface area contributed by atoms with Crippen molar-refractivity contribution in [2.45, 2.75) is 179 Å². The molecular weight excluding hydrogens is 913 g/mol. The number of hydrogen-bond donors (Lipinski definition) is 4. The van der Waals surface area contributed by atoms with Crippen molar-refractivity contribution in [3.63, 3.8) is 0 Å². The smallest absolute Gasteiger partial charge is 0.344 e. The van der Waals surface area contributed by atoms with Crippen LogP contribution in [0.25, 0.3) is 0 Å². The molecule has 3 aliphatic rings. The average molecular weight is 995 g/mol. The van der Waals surface area contributed by atoms with E-state index in [-0.39, 0.29) is 48.8 Å². The predicted octanol–water partition coefficient (Wildman–Crippen LogP) is 14.4. The first-order valence-corrected chi connectivity index (χ1v) is 27.6. The van der Waals surface area contributed by atoms with E-state index in [0.29, 0.717) is 58.2 Å². The number of carbonyl (C=O) groups is 2. The van der Waals surface area contributed by atoms with Gasteiger partial charge in [-0.3, -0.25) is 0 Å². The van der Waals surface area contributed by atoms with Crippen molar-refractivity contribution >= 4 is 23.7 Å². The monoisotopic (exact) mass is 995 g/mol. The molecule has 4 aromatic carbocycles. The zero-order valence-corrected chi connectivity index (χ0v) is 44.3. The van der Waals surface area contributed by atoms with Crippen molar-refractivity contribution in [1.82, 2.24) is 0 Å². The second-order valence-corrected chi connectivity index (χ2v) is 23.2. The lowest BCUT2D eigenvalue weighted by Crippen LogP contribution is -2.18. The SMILES string of the molecule is CC(C)(C)c1cc(OCC(=O)OCCSCCOC(=O)COc2ccc(O)c(C(C)(C)C)c2)ccc1O.Oc1ccc(C2CCCCCCC2c2ccc(O)c(C3CCCCC3)c2)cc1C1CCCCC1. The molecule has 4 N–H and O–H groups in total. The van der Waals surface area contributed by atoms with Crippen LogP contribution >= 0.6 is 11.8 Å². The van der Waals surface area contributed by atoms with Crippen molar-refractivity contribution in [3.8, 4) is 34.5 Å². The highest BCUT2D eigenvalue weighted by atomic mass is 32.2. The maximum absolute atomic E-state index is 11.9. The third-order valence-corrected chi connectivity index (χ3v) is 15.5. The van der Waals surface area contributed by atoms with E-state index in [9.17, 15) is 30.0 Å². The van der Waals surface area contributed by atoms with Gasteiger partial charge in [-0.05, 0) is 144 Å². The Morgan fingerprint density at radius 3 is 1.21 bits per heavy atom. The van der Waals surface area contributed by atoms with Gasteiger partial charge in [0.25, 0.3) is 0 Å². The Morgan fingerprint density at radius 1 is 0.479 bits per heavy atom. The summed E-state index contributed by atoms with van der Waals surface area (Å²) in [5.74, 6) is 4.50. The number of phenolic OH excluding ortho intramolecular Hbond substituents is 4. The molecule has 3 fully saturated rings. The lowest BCUT2D eigenvalue weighted by Gasteiger charge is -2.32. The fraction of sp³-hybridized carbons (Fsp3) is 0.567. The zero-order valence-electron chi connectivity index (χ0n) is 43.4. The van der Waals surface area contributed by atoms with Gasteiger partial charge in [0.15, 0.2) is 13.2 Å². The van der Waals surface area contributed by atoms with Crippen LogP contribution in [-0.4, -0.2) is 70.3 Å². The number of rotatable bonds is 16.